The van der Waals surface area contributed by atoms with Crippen LogP contribution in [0.2, 0.25) is 0 Å². The molecule has 0 aromatic carbocycles. The Morgan fingerprint density at radius 1 is 0.571 bits per heavy atom. The predicted octanol–water partition coefficient (Wildman–Crippen LogP) is 17.5. The van der Waals surface area contributed by atoms with Crippen LogP contribution in [0.15, 0.2) is 49.1 Å². The van der Waals surface area contributed by atoms with Gasteiger partial charge < -0.3 is 45.6 Å². The third-order valence-corrected chi connectivity index (χ3v) is 17.6. The zero-order valence-electron chi connectivity index (χ0n) is 57.7. The summed E-state index contributed by atoms with van der Waals surface area (Å²) in [6.07, 6.45) is 20.9. The van der Waals surface area contributed by atoms with Gasteiger partial charge in [0.1, 0.15) is 17.6 Å². The number of carbonyl (C=O) groups excluding carboxylic acids is 3. The summed E-state index contributed by atoms with van der Waals surface area (Å²) in [6.45, 7) is 62.8. The quantitative estimate of drug-likeness (QED) is 0.0180. The van der Waals surface area contributed by atoms with Gasteiger partial charge in [-0.05, 0) is 182 Å². The van der Waals surface area contributed by atoms with Crippen LogP contribution < -0.4 is 24.0 Å². The number of esters is 3. The Labute approximate surface area is 560 Å². The number of ether oxygens (including phenoxy) is 3. The molecule has 4 rings (SSSR count). The molecule has 0 amide bonds. The van der Waals surface area contributed by atoms with E-state index in [1.165, 1.54) is 32.1 Å². The number of hydrogen-bond donors (Lipinski definition) is 0. The van der Waals surface area contributed by atoms with Crippen molar-refractivity contribution < 1.29 is 52.6 Å². The molecule has 9 nitrogen and oxygen atoms in total. The van der Waals surface area contributed by atoms with E-state index in [0.29, 0.717) is 42.5 Å². The van der Waals surface area contributed by atoms with Crippen LogP contribution in [-0.4, -0.2) is 66.1 Å². The van der Waals surface area contributed by atoms with Gasteiger partial charge in [-0.15, -0.1) is 19.7 Å². The monoisotopic (exact) mass is 1360 g/mol. The number of nitrogens with zero attached hydrogens (tertiary/aromatic N) is 3. The standard InChI is InChI=1S/C19H31NO2.C17H32.C16H27NO2.C15H23NO2.C3H5Br.CH4.CH3.HI.Mg/c1-8-10-19(14-20,15(21)22-9-2)18(7)12-16(3,4)11-17(5,6)13-18;1-8-10-14(9-2)17(7)12-15(3,4)11-16(5,6)13-17;1-7-19-13(18)12(8-17)16(6)10-14(2,3)9-15(4,5)11-16;1-6-18-13(17)12(9-16)11-7-14(2,3)10-15(4,5)8-11;1-2-3-4;;;;/h8H,1,9-13H2,2-7H3;8,14H,1,9-13H2,2-7H3;12H,7,9-11H2,1-6H3;6-8,10H2,1-5H3;2H,1,3H2;1H4;1H3;1H;/q;;;;;;-1;;+2/p-1. The number of alkyl halides is 1. The van der Waals surface area contributed by atoms with E-state index in [-0.39, 0.29) is 111 Å². The van der Waals surface area contributed by atoms with Gasteiger partial charge in [-0.3, -0.25) is 9.59 Å². The molecule has 4 fully saturated rings. The molecule has 0 radical (unpaired) electrons. The second-order valence-corrected chi connectivity index (χ2v) is 32.4. The van der Waals surface area contributed by atoms with E-state index >= 15 is 0 Å². The van der Waals surface area contributed by atoms with Crippen molar-refractivity contribution in [2.24, 2.45) is 76.8 Å². The maximum atomic E-state index is 12.7. The van der Waals surface area contributed by atoms with Crippen LogP contribution in [0.3, 0.4) is 0 Å². The average molecular weight is 1360 g/mol. The Kier molecular flexibility index (Phi) is 39.3. The van der Waals surface area contributed by atoms with Crippen LogP contribution in [0.1, 0.15) is 263 Å². The maximum Gasteiger partial charge on any atom is 2.00 e. The van der Waals surface area contributed by atoms with Gasteiger partial charge in [-0.25, -0.2) is 4.79 Å². The molecule has 0 aliphatic heterocycles. The van der Waals surface area contributed by atoms with Crippen molar-refractivity contribution in [3.63, 3.8) is 0 Å². The molecule has 0 spiro atoms. The van der Waals surface area contributed by atoms with Crippen LogP contribution in [0.4, 0.5) is 0 Å². The number of hydrogen-bond acceptors (Lipinski definition) is 9. The molecule has 0 heterocycles. The fourth-order valence-corrected chi connectivity index (χ4v) is 18.2. The zero-order valence-corrected chi connectivity index (χ0v) is 62.9. The Morgan fingerprint density at radius 3 is 1.23 bits per heavy atom. The van der Waals surface area contributed by atoms with Crippen LogP contribution in [-0.2, 0) is 28.6 Å². The Hall–Kier alpha value is -2.18. The van der Waals surface area contributed by atoms with Crippen LogP contribution in [0.25, 0.3) is 0 Å². The van der Waals surface area contributed by atoms with Gasteiger partial charge in [-0.1, -0.05) is 186 Å². The van der Waals surface area contributed by atoms with Gasteiger partial charge in [0.05, 0.1) is 32.0 Å². The first-order valence-corrected chi connectivity index (χ1v) is 31.2. The van der Waals surface area contributed by atoms with Gasteiger partial charge in [0.15, 0.2) is 5.41 Å². The fraction of sp³-hybridized carbons (Fsp3) is 0.792. The number of halogens is 2. The van der Waals surface area contributed by atoms with Crippen LogP contribution >= 0.6 is 15.9 Å². The largest absolute Gasteiger partial charge is 2.00 e. The minimum absolute atomic E-state index is 0. The molecule has 0 saturated heterocycles. The fourth-order valence-electron chi connectivity index (χ4n) is 18.2. The van der Waals surface area contributed by atoms with E-state index in [1.807, 2.05) is 6.07 Å². The van der Waals surface area contributed by atoms with Crippen LogP contribution in [0, 0.1) is 118 Å². The zero-order chi connectivity index (χ0) is 62.8. The van der Waals surface area contributed by atoms with Gasteiger partial charge in [0.25, 0.3) is 0 Å². The molecule has 84 heavy (non-hydrogen) atoms. The number of nitriles is 3. The summed E-state index contributed by atoms with van der Waals surface area (Å²) >= 11 is 3.13. The summed E-state index contributed by atoms with van der Waals surface area (Å²) < 4.78 is 15.3. The minimum Gasteiger partial charge on any atom is -1.00 e. The van der Waals surface area contributed by atoms with E-state index in [4.69, 9.17) is 14.2 Å². The maximum absolute atomic E-state index is 12.7. The molecule has 4 aliphatic carbocycles. The topological polar surface area (TPSA) is 150 Å². The van der Waals surface area contributed by atoms with Gasteiger partial charge >= 0.3 is 41.0 Å². The average Bonchev–Trinajstić information content (AvgIpc) is 3.24. The summed E-state index contributed by atoms with van der Waals surface area (Å²) in [7, 11) is 0. The van der Waals surface area contributed by atoms with Crippen molar-refractivity contribution in [3.05, 3.63) is 56.5 Å². The molecule has 3 unspecified atom stereocenters. The van der Waals surface area contributed by atoms with Crippen LogP contribution in [0.5, 0.6) is 0 Å². The van der Waals surface area contributed by atoms with E-state index in [2.05, 4.69) is 192 Å². The van der Waals surface area contributed by atoms with E-state index < -0.39 is 28.7 Å². The van der Waals surface area contributed by atoms with E-state index in [9.17, 15) is 30.2 Å². The second kappa shape index (κ2) is 36.5. The molecule has 480 valence electrons. The van der Waals surface area contributed by atoms with Gasteiger partial charge in [0, 0.05) is 5.33 Å². The van der Waals surface area contributed by atoms with Crippen molar-refractivity contribution >= 4 is 56.9 Å². The van der Waals surface area contributed by atoms with Gasteiger partial charge in [-0.2, -0.15) is 15.8 Å². The normalized spacial score (nSPS) is 22.5. The van der Waals surface area contributed by atoms with Crippen molar-refractivity contribution in [2.75, 3.05) is 25.2 Å². The molecule has 4 aliphatic rings. The van der Waals surface area contributed by atoms with Gasteiger partial charge in [0.2, 0.25) is 0 Å². The summed E-state index contributed by atoms with van der Waals surface area (Å²) in [5.41, 5.74) is 1.52. The van der Waals surface area contributed by atoms with Crippen molar-refractivity contribution in [1.29, 1.82) is 15.8 Å². The first-order valence-electron chi connectivity index (χ1n) is 30.1. The molecule has 12 heteroatoms. The Balaban J connectivity index is -0.000000319. The van der Waals surface area contributed by atoms with E-state index in [0.717, 1.165) is 74.6 Å². The first kappa shape index (κ1) is 90.6. The number of rotatable bonds is 15. The molecular formula is C72H125BrIMgN3O6. The summed E-state index contributed by atoms with van der Waals surface area (Å²) in [6, 6.07) is 6.58. The second-order valence-electron chi connectivity index (χ2n) is 31.7. The van der Waals surface area contributed by atoms with E-state index in [1.54, 1.807) is 32.9 Å². The smallest absolute Gasteiger partial charge is 1.00 e. The summed E-state index contributed by atoms with van der Waals surface area (Å²) in [5.74, 6) is -1.08. The molecular weight excluding hydrogens is 1230 g/mol. The minimum atomic E-state index is -1.15. The molecule has 0 aromatic heterocycles. The first-order chi connectivity index (χ1) is 36.3. The van der Waals surface area contributed by atoms with Crippen molar-refractivity contribution in [3.8, 4) is 18.2 Å². The van der Waals surface area contributed by atoms with Crippen molar-refractivity contribution in [2.45, 2.75) is 263 Å². The predicted molar refractivity (Wildman–Crippen MR) is 356 cm³/mol. The molecule has 0 aromatic rings. The SMILES string of the molecule is C.C=CCBr.C=CCC(C#N)(C(=O)OCC)C1(C)CC(C)(C)CC(C)(C)C1.C=CCC(CC)C1(C)CC(C)(C)CC(C)(C)C1.CCOC(=O)C(C#N)=C1CC(C)(C)CC(C)(C)C1.CCOC(=O)C(C#N)C1(C)CC(C)(C)CC(C)(C)C1.[CH3-].[I-].[Mg+2]. The Bertz CT molecular complexity index is 2190. The molecule has 3 atom stereocenters. The third-order valence-electron chi connectivity index (χ3n) is 17.1. The molecule has 0 N–H and O–H groups in total. The number of carbonyl (C=O) groups is 3. The molecule has 4 saturated carbocycles. The number of allylic oxidation sites excluding steroid dienone is 4. The summed E-state index contributed by atoms with van der Waals surface area (Å²) in [5, 5.41) is 29.5. The molecule has 0 bridgehead atoms. The third kappa shape index (κ3) is 28.1. The Morgan fingerprint density at radius 2 is 0.929 bits per heavy atom. The summed E-state index contributed by atoms with van der Waals surface area (Å²) in [4.78, 5) is 36.6. The van der Waals surface area contributed by atoms with Crippen molar-refractivity contribution in [1.82, 2.24) is 0 Å².